The summed E-state index contributed by atoms with van der Waals surface area (Å²) in [6.07, 6.45) is 2.87. The molecule has 1 N–H and O–H groups in total. The zero-order valence-corrected chi connectivity index (χ0v) is 18.1. The van der Waals surface area contributed by atoms with Crippen LogP contribution in [0.15, 0.2) is 48.5 Å². The Balaban J connectivity index is 0.00000420. The minimum Gasteiger partial charge on any atom is -0.493 e. The number of nitrogens with zero attached hydrogens (tertiary/aromatic N) is 1. The number of hydrogen-bond donors (Lipinski definition) is 1. The molecule has 0 aliphatic heterocycles. The number of carboxylic acid groups (broad SMARTS) is 1. The average molecular weight is 422 g/mol. The van der Waals surface area contributed by atoms with E-state index in [4.69, 9.17) is 14.6 Å². The fourth-order valence-electron chi connectivity index (χ4n) is 3.11. The molecule has 0 saturated carbocycles. The number of carbonyl (C=O) groups is 1. The van der Waals surface area contributed by atoms with Crippen molar-refractivity contribution in [1.82, 2.24) is 4.90 Å². The normalized spacial score (nSPS) is 10.4. The molecule has 0 saturated heterocycles. The van der Waals surface area contributed by atoms with E-state index in [1.54, 1.807) is 7.11 Å². The van der Waals surface area contributed by atoms with E-state index in [9.17, 15) is 4.79 Å². The topological polar surface area (TPSA) is 59.0 Å². The van der Waals surface area contributed by atoms with Crippen molar-refractivity contribution in [2.75, 3.05) is 33.4 Å². The molecule has 2 aromatic carbocycles. The average Bonchev–Trinajstić information content (AvgIpc) is 2.71. The van der Waals surface area contributed by atoms with Crippen molar-refractivity contribution in [3.8, 4) is 11.5 Å². The molecule has 0 aliphatic rings. The highest BCUT2D eigenvalue weighted by molar-refractivity contribution is 5.85. The summed E-state index contributed by atoms with van der Waals surface area (Å²) in [6, 6.07) is 16.3. The number of halogens is 1. The summed E-state index contributed by atoms with van der Waals surface area (Å²) in [6.45, 7) is 5.02. The quantitative estimate of drug-likeness (QED) is 0.517. The maximum Gasteiger partial charge on any atom is 0.304 e. The molecule has 6 heteroatoms. The lowest BCUT2D eigenvalue weighted by molar-refractivity contribution is -0.137. The minimum absolute atomic E-state index is 0. The van der Waals surface area contributed by atoms with Gasteiger partial charge in [0, 0.05) is 19.5 Å². The molecule has 0 aliphatic carbocycles. The molecule has 29 heavy (non-hydrogen) atoms. The van der Waals surface area contributed by atoms with E-state index in [0.29, 0.717) is 13.2 Å². The molecule has 0 spiro atoms. The molecule has 0 radical (unpaired) electrons. The highest BCUT2D eigenvalue weighted by Gasteiger charge is 2.10. The number of methoxy groups -OCH3 is 1. The van der Waals surface area contributed by atoms with E-state index >= 15 is 0 Å². The van der Waals surface area contributed by atoms with Crippen molar-refractivity contribution in [2.24, 2.45) is 0 Å². The van der Waals surface area contributed by atoms with Crippen molar-refractivity contribution >= 4 is 18.4 Å². The minimum atomic E-state index is -0.750. The van der Waals surface area contributed by atoms with E-state index in [0.717, 1.165) is 49.4 Å². The monoisotopic (exact) mass is 421 g/mol. The molecule has 2 aromatic rings. The SMILES string of the molecule is CCCN(CCC(=O)O)CCc1ccc(OC)c(OCCc2ccccc2)c1.Cl. The Bertz CT molecular complexity index is 724. The van der Waals surface area contributed by atoms with Gasteiger partial charge in [0.2, 0.25) is 0 Å². The van der Waals surface area contributed by atoms with Crippen molar-refractivity contribution < 1.29 is 19.4 Å². The summed E-state index contributed by atoms with van der Waals surface area (Å²) in [5, 5.41) is 8.92. The van der Waals surface area contributed by atoms with E-state index in [1.807, 2.05) is 36.4 Å². The van der Waals surface area contributed by atoms with Crippen LogP contribution >= 0.6 is 12.4 Å². The molecule has 160 valence electrons. The molecular weight excluding hydrogens is 390 g/mol. The second kappa shape index (κ2) is 13.9. The van der Waals surface area contributed by atoms with Crippen LogP contribution in [0.5, 0.6) is 11.5 Å². The Hall–Kier alpha value is -2.24. The third-order valence-electron chi connectivity index (χ3n) is 4.62. The summed E-state index contributed by atoms with van der Waals surface area (Å²) >= 11 is 0. The van der Waals surface area contributed by atoms with Crippen LogP contribution in [0.4, 0.5) is 0 Å². The van der Waals surface area contributed by atoms with Gasteiger partial charge in [0.1, 0.15) is 0 Å². The highest BCUT2D eigenvalue weighted by Crippen LogP contribution is 2.28. The fraction of sp³-hybridized carbons (Fsp3) is 0.435. The first-order valence-corrected chi connectivity index (χ1v) is 9.90. The van der Waals surface area contributed by atoms with E-state index < -0.39 is 5.97 Å². The predicted molar refractivity (Wildman–Crippen MR) is 119 cm³/mol. The Morgan fingerprint density at radius 1 is 0.966 bits per heavy atom. The van der Waals surface area contributed by atoms with Crippen LogP contribution in [-0.4, -0.2) is 49.3 Å². The Morgan fingerprint density at radius 2 is 1.72 bits per heavy atom. The Morgan fingerprint density at radius 3 is 2.38 bits per heavy atom. The predicted octanol–water partition coefficient (Wildman–Crippen LogP) is 4.47. The largest absolute Gasteiger partial charge is 0.493 e. The maximum absolute atomic E-state index is 10.8. The summed E-state index contributed by atoms with van der Waals surface area (Å²) < 4.78 is 11.4. The second-order valence-electron chi connectivity index (χ2n) is 6.80. The van der Waals surface area contributed by atoms with Crippen molar-refractivity contribution in [3.05, 3.63) is 59.7 Å². The number of benzene rings is 2. The van der Waals surface area contributed by atoms with Crippen LogP contribution in [0.1, 0.15) is 30.9 Å². The van der Waals surface area contributed by atoms with Crippen LogP contribution in [0.2, 0.25) is 0 Å². The number of aliphatic carboxylic acids is 1. The van der Waals surface area contributed by atoms with Crippen LogP contribution < -0.4 is 9.47 Å². The zero-order valence-electron chi connectivity index (χ0n) is 17.3. The summed E-state index contributed by atoms with van der Waals surface area (Å²) in [5.74, 6) is 0.733. The molecular formula is C23H32ClNO4. The van der Waals surface area contributed by atoms with Gasteiger partial charge in [0.15, 0.2) is 11.5 Å². The standard InChI is InChI=1S/C23H31NO4.ClH/c1-3-14-24(16-12-23(25)26)15-11-20-9-10-21(27-2)22(18-20)28-17-13-19-7-5-4-6-8-19;/h4-10,18H,3,11-17H2,1-2H3,(H,25,26);1H. The van der Waals surface area contributed by atoms with E-state index in [1.165, 1.54) is 5.56 Å². The molecule has 2 rings (SSSR count). The third-order valence-corrected chi connectivity index (χ3v) is 4.62. The number of ether oxygens (including phenoxy) is 2. The lowest BCUT2D eigenvalue weighted by atomic mass is 10.1. The van der Waals surface area contributed by atoms with Crippen molar-refractivity contribution in [2.45, 2.75) is 32.6 Å². The van der Waals surface area contributed by atoms with Gasteiger partial charge in [-0.1, -0.05) is 43.3 Å². The first-order valence-electron chi connectivity index (χ1n) is 9.90. The van der Waals surface area contributed by atoms with Crippen LogP contribution in [0.25, 0.3) is 0 Å². The van der Waals surface area contributed by atoms with Crippen molar-refractivity contribution in [3.63, 3.8) is 0 Å². The first kappa shape index (κ1) is 24.8. The molecule has 0 fully saturated rings. The number of carboxylic acids is 1. The van der Waals surface area contributed by atoms with Gasteiger partial charge >= 0.3 is 5.97 Å². The fourth-order valence-corrected chi connectivity index (χ4v) is 3.11. The van der Waals surface area contributed by atoms with Crippen molar-refractivity contribution in [1.29, 1.82) is 0 Å². The van der Waals surface area contributed by atoms with Gasteiger partial charge in [-0.3, -0.25) is 4.79 Å². The molecule has 0 heterocycles. The van der Waals surface area contributed by atoms with Gasteiger partial charge in [0.25, 0.3) is 0 Å². The maximum atomic E-state index is 10.8. The lowest BCUT2D eigenvalue weighted by Gasteiger charge is -2.21. The zero-order chi connectivity index (χ0) is 20.2. The number of rotatable bonds is 13. The Kier molecular flexibility index (Phi) is 11.8. The van der Waals surface area contributed by atoms with Crippen LogP contribution in [-0.2, 0) is 17.6 Å². The van der Waals surface area contributed by atoms with Gasteiger partial charge in [-0.15, -0.1) is 12.4 Å². The smallest absolute Gasteiger partial charge is 0.304 e. The highest BCUT2D eigenvalue weighted by atomic mass is 35.5. The van der Waals surface area contributed by atoms with Gasteiger partial charge in [0.05, 0.1) is 20.1 Å². The van der Waals surface area contributed by atoms with Gasteiger partial charge < -0.3 is 19.5 Å². The molecule has 0 amide bonds. The third kappa shape index (κ3) is 9.20. The molecule has 0 atom stereocenters. The van der Waals surface area contributed by atoms with Gasteiger partial charge in [-0.2, -0.15) is 0 Å². The summed E-state index contributed by atoms with van der Waals surface area (Å²) in [4.78, 5) is 13.0. The summed E-state index contributed by atoms with van der Waals surface area (Å²) in [7, 11) is 1.65. The summed E-state index contributed by atoms with van der Waals surface area (Å²) in [5.41, 5.74) is 2.40. The van der Waals surface area contributed by atoms with Crippen LogP contribution in [0, 0.1) is 0 Å². The molecule has 0 bridgehead atoms. The Labute approximate surface area is 180 Å². The second-order valence-corrected chi connectivity index (χ2v) is 6.80. The lowest BCUT2D eigenvalue weighted by Crippen LogP contribution is -2.29. The van der Waals surface area contributed by atoms with E-state index in [2.05, 4.69) is 24.0 Å². The first-order chi connectivity index (χ1) is 13.6. The van der Waals surface area contributed by atoms with Crippen LogP contribution in [0.3, 0.4) is 0 Å². The molecule has 0 unspecified atom stereocenters. The number of hydrogen-bond acceptors (Lipinski definition) is 4. The van der Waals surface area contributed by atoms with Gasteiger partial charge in [-0.05, 0) is 42.6 Å². The van der Waals surface area contributed by atoms with E-state index in [-0.39, 0.29) is 18.8 Å². The van der Waals surface area contributed by atoms with Gasteiger partial charge in [-0.25, -0.2) is 0 Å². The molecule has 5 nitrogen and oxygen atoms in total. The molecule has 0 aromatic heterocycles.